The number of hydrogen-bond donors (Lipinski definition) is 0. The summed E-state index contributed by atoms with van der Waals surface area (Å²) in [6.45, 7) is 6.32. The summed E-state index contributed by atoms with van der Waals surface area (Å²) in [7, 11) is 0. The van der Waals surface area contributed by atoms with Gasteiger partial charge >= 0.3 is 0 Å². The lowest BCUT2D eigenvalue weighted by Gasteiger charge is -2.57. The van der Waals surface area contributed by atoms with Gasteiger partial charge in [-0.15, -0.1) is 0 Å². The normalized spacial score (nSPS) is 47.2. The second kappa shape index (κ2) is 5.99. The minimum atomic E-state index is -0.914. The van der Waals surface area contributed by atoms with Crippen molar-refractivity contribution in [1.82, 2.24) is 0 Å². The van der Waals surface area contributed by atoms with Crippen LogP contribution in [0.3, 0.4) is 0 Å². The molecular formula is C24H29NO4. The van der Waals surface area contributed by atoms with E-state index < -0.39 is 5.54 Å². The first-order chi connectivity index (χ1) is 13.8. The first-order valence-electron chi connectivity index (χ1n) is 10.9. The van der Waals surface area contributed by atoms with Crippen molar-refractivity contribution in [3.05, 3.63) is 23.8 Å². The van der Waals surface area contributed by atoms with Crippen LogP contribution in [0.1, 0.15) is 59.3 Å². The SMILES string of the molecule is CC1=NC2(C(=O)CC=O)C(CC3C4CCC5=CC(=O)C=C[C@]5(C)C4CC[C@@]32C)O1. The molecule has 5 nitrogen and oxygen atoms in total. The maximum absolute atomic E-state index is 13.3. The van der Waals surface area contributed by atoms with Gasteiger partial charge in [-0.2, -0.15) is 0 Å². The minimum absolute atomic E-state index is 0.0735. The van der Waals surface area contributed by atoms with Crippen LogP contribution in [-0.4, -0.2) is 35.4 Å². The second-order valence-electron chi connectivity index (χ2n) is 10.1. The van der Waals surface area contributed by atoms with E-state index in [0.29, 0.717) is 29.9 Å². The molecule has 0 bridgehead atoms. The zero-order valence-corrected chi connectivity index (χ0v) is 17.4. The number of hydrogen-bond acceptors (Lipinski definition) is 5. The van der Waals surface area contributed by atoms with E-state index in [0.717, 1.165) is 32.1 Å². The molecule has 0 radical (unpaired) electrons. The van der Waals surface area contributed by atoms with Crippen LogP contribution >= 0.6 is 0 Å². The van der Waals surface area contributed by atoms with Gasteiger partial charge in [-0.25, -0.2) is 4.99 Å². The van der Waals surface area contributed by atoms with Crippen LogP contribution in [0.15, 0.2) is 28.8 Å². The molecule has 154 valence electrons. The average Bonchev–Trinajstić information content (AvgIpc) is 3.13. The molecule has 0 aromatic rings. The predicted octanol–water partition coefficient (Wildman–Crippen LogP) is 3.62. The summed E-state index contributed by atoms with van der Waals surface area (Å²) < 4.78 is 6.08. The molecule has 0 aromatic heterocycles. The summed E-state index contributed by atoms with van der Waals surface area (Å²) in [5.74, 6) is 1.87. The Bertz CT molecular complexity index is 901. The Morgan fingerprint density at radius 2 is 2.10 bits per heavy atom. The summed E-state index contributed by atoms with van der Waals surface area (Å²) in [5, 5.41) is 0. The number of carbonyl (C=O) groups is 3. The van der Waals surface area contributed by atoms with Crippen LogP contribution in [0.4, 0.5) is 0 Å². The summed E-state index contributed by atoms with van der Waals surface area (Å²) in [4.78, 5) is 41.2. The van der Waals surface area contributed by atoms with E-state index in [1.54, 1.807) is 6.08 Å². The predicted molar refractivity (Wildman–Crippen MR) is 108 cm³/mol. The summed E-state index contributed by atoms with van der Waals surface area (Å²) in [6, 6.07) is 0. The zero-order valence-electron chi connectivity index (χ0n) is 17.4. The van der Waals surface area contributed by atoms with Crippen LogP contribution < -0.4 is 0 Å². The largest absolute Gasteiger partial charge is 0.475 e. The number of ether oxygens (including phenoxy) is 1. The quantitative estimate of drug-likeness (QED) is 0.540. The van der Waals surface area contributed by atoms with Crippen molar-refractivity contribution in [3.8, 4) is 0 Å². The van der Waals surface area contributed by atoms with Crippen molar-refractivity contribution in [2.75, 3.05) is 0 Å². The summed E-state index contributed by atoms with van der Waals surface area (Å²) in [5.41, 5.74) is -0.00801. The smallest absolute Gasteiger partial charge is 0.181 e. The zero-order chi connectivity index (χ0) is 20.6. The molecular weight excluding hydrogens is 366 g/mol. The molecule has 1 aliphatic heterocycles. The van der Waals surface area contributed by atoms with Crippen molar-refractivity contribution >= 4 is 23.8 Å². The Balaban J connectivity index is 1.56. The van der Waals surface area contributed by atoms with E-state index in [2.05, 4.69) is 19.9 Å². The minimum Gasteiger partial charge on any atom is -0.475 e. The molecule has 5 aliphatic rings. The Labute approximate surface area is 171 Å². The second-order valence-corrected chi connectivity index (χ2v) is 10.1. The van der Waals surface area contributed by atoms with Crippen LogP contribution in [0.2, 0.25) is 0 Å². The van der Waals surface area contributed by atoms with Crippen LogP contribution in [0, 0.1) is 28.6 Å². The Morgan fingerprint density at radius 3 is 2.86 bits per heavy atom. The van der Waals surface area contributed by atoms with Crippen molar-refractivity contribution in [3.63, 3.8) is 0 Å². The van der Waals surface area contributed by atoms with Gasteiger partial charge in [0, 0.05) is 17.8 Å². The number of aliphatic imine (C=N–C) groups is 1. The lowest BCUT2D eigenvalue weighted by molar-refractivity contribution is -0.135. The fraction of sp³-hybridized carbons (Fsp3) is 0.667. The molecule has 0 amide bonds. The van der Waals surface area contributed by atoms with E-state index in [4.69, 9.17) is 9.73 Å². The molecule has 3 fully saturated rings. The molecule has 0 aromatic carbocycles. The van der Waals surface area contributed by atoms with Gasteiger partial charge in [0.2, 0.25) is 0 Å². The molecule has 5 heteroatoms. The lowest BCUT2D eigenvalue weighted by atomic mass is 9.46. The number of rotatable bonds is 3. The van der Waals surface area contributed by atoms with Crippen molar-refractivity contribution in [1.29, 1.82) is 0 Å². The number of aldehydes is 1. The van der Waals surface area contributed by atoms with Crippen molar-refractivity contribution in [2.24, 2.45) is 33.6 Å². The highest BCUT2D eigenvalue weighted by Gasteiger charge is 2.72. The van der Waals surface area contributed by atoms with Gasteiger partial charge < -0.3 is 9.53 Å². The lowest BCUT2D eigenvalue weighted by Crippen LogP contribution is -2.58. The monoisotopic (exact) mass is 395 g/mol. The van der Waals surface area contributed by atoms with E-state index in [1.807, 2.05) is 13.0 Å². The molecule has 0 N–H and O–H groups in total. The fourth-order valence-corrected chi connectivity index (χ4v) is 7.80. The van der Waals surface area contributed by atoms with Gasteiger partial charge in [-0.05, 0) is 62.0 Å². The molecule has 29 heavy (non-hydrogen) atoms. The average molecular weight is 395 g/mol. The summed E-state index contributed by atoms with van der Waals surface area (Å²) >= 11 is 0. The standard InChI is InChI=1S/C24H29NO4/c1-14-25-24(20(28)8-11-26)21(29-14)13-19-17-5-4-15-12-16(27)6-9-22(15,2)18(17)7-10-23(19,24)3/h6,9,11-12,17-19,21H,4-5,7-8,10,13H2,1-3H3/t17?,18?,19?,21?,22-,23-,24?/m0/s1. The first-order valence-corrected chi connectivity index (χ1v) is 10.9. The third-order valence-corrected chi connectivity index (χ3v) is 9.09. The molecule has 3 saturated carbocycles. The van der Waals surface area contributed by atoms with Gasteiger partial charge in [0.1, 0.15) is 12.4 Å². The van der Waals surface area contributed by atoms with Gasteiger partial charge in [-0.1, -0.05) is 25.5 Å². The third kappa shape index (κ3) is 2.22. The molecule has 0 spiro atoms. The maximum atomic E-state index is 13.3. The maximum Gasteiger partial charge on any atom is 0.181 e. The fourth-order valence-electron chi connectivity index (χ4n) is 7.80. The van der Waals surface area contributed by atoms with Gasteiger partial charge in [0.15, 0.2) is 23.0 Å². The van der Waals surface area contributed by atoms with Crippen LogP contribution in [-0.2, 0) is 19.1 Å². The number of carbonyl (C=O) groups excluding carboxylic acids is 3. The molecule has 7 atom stereocenters. The van der Waals surface area contributed by atoms with Crippen molar-refractivity contribution < 1.29 is 19.1 Å². The third-order valence-electron chi connectivity index (χ3n) is 9.09. The van der Waals surface area contributed by atoms with Gasteiger partial charge in [0.25, 0.3) is 0 Å². The topological polar surface area (TPSA) is 72.8 Å². The number of ketones is 2. The van der Waals surface area contributed by atoms with E-state index in [1.165, 1.54) is 5.57 Å². The molecule has 1 heterocycles. The highest BCUT2D eigenvalue weighted by molar-refractivity contribution is 6.02. The van der Waals surface area contributed by atoms with Gasteiger partial charge in [0.05, 0.1) is 6.42 Å². The Kier molecular flexibility index (Phi) is 3.92. The highest BCUT2D eigenvalue weighted by Crippen LogP contribution is 2.69. The molecule has 0 saturated heterocycles. The molecule has 4 aliphatic carbocycles. The number of fused-ring (bicyclic) bond motifs is 7. The first kappa shape index (κ1) is 19.0. The van der Waals surface area contributed by atoms with E-state index >= 15 is 0 Å². The number of Topliss-reactive ketones (excluding diaryl/α,β-unsaturated/α-hetero) is 1. The summed E-state index contributed by atoms with van der Waals surface area (Å²) in [6.07, 6.45) is 10.8. The van der Waals surface area contributed by atoms with E-state index in [-0.39, 0.29) is 34.9 Å². The Morgan fingerprint density at radius 1 is 1.31 bits per heavy atom. The number of allylic oxidation sites excluding steroid dienone is 4. The van der Waals surface area contributed by atoms with Crippen LogP contribution in [0.25, 0.3) is 0 Å². The molecule has 5 unspecified atom stereocenters. The highest BCUT2D eigenvalue weighted by atomic mass is 16.5. The number of nitrogens with zero attached hydrogens (tertiary/aromatic N) is 1. The molecule has 5 rings (SSSR count). The van der Waals surface area contributed by atoms with Crippen LogP contribution in [0.5, 0.6) is 0 Å². The van der Waals surface area contributed by atoms with Crippen molar-refractivity contribution in [2.45, 2.75) is 70.9 Å². The Hall–Kier alpha value is -2.04. The van der Waals surface area contributed by atoms with Gasteiger partial charge in [-0.3, -0.25) is 9.59 Å². The van der Waals surface area contributed by atoms with E-state index in [9.17, 15) is 14.4 Å².